The van der Waals surface area contributed by atoms with Gasteiger partial charge in [-0.15, -0.1) is 0 Å². The van der Waals surface area contributed by atoms with E-state index in [1.54, 1.807) is 41.9 Å². The van der Waals surface area contributed by atoms with Gasteiger partial charge in [0.2, 0.25) is 0 Å². The average molecular weight is 450 g/mol. The van der Waals surface area contributed by atoms with Crippen molar-refractivity contribution in [2.75, 3.05) is 20.2 Å². The molecule has 5 rings (SSSR count). The van der Waals surface area contributed by atoms with E-state index in [4.69, 9.17) is 9.26 Å². The fourth-order valence-corrected chi connectivity index (χ4v) is 4.71. The van der Waals surface area contributed by atoms with Crippen LogP contribution in [-0.4, -0.2) is 63.0 Å². The van der Waals surface area contributed by atoms with Gasteiger partial charge in [-0.2, -0.15) is 5.10 Å². The van der Waals surface area contributed by atoms with Gasteiger partial charge in [0, 0.05) is 37.5 Å². The van der Waals surface area contributed by atoms with Gasteiger partial charge < -0.3 is 19.5 Å². The first kappa shape index (κ1) is 21.4. The van der Waals surface area contributed by atoms with Gasteiger partial charge >= 0.3 is 0 Å². The van der Waals surface area contributed by atoms with Crippen LogP contribution in [0.2, 0.25) is 0 Å². The predicted octanol–water partition coefficient (Wildman–Crippen LogP) is 2.34. The minimum atomic E-state index is -0.637. The van der Waals surface area contributed by atoms with E-state index in [0.29, 0.717) is 36.5 Å². The van der Waals surface area contributed by atoms with E-state index in [-0.39, 0.29) is 17.5 Å². The van der Waals surface area contributed by atoms with Crippen LogP contribution in [0.15, 0.2) is 47.2 Å². The summed E-state index contributed by atoms with van der Waals surface area (Å²) in [5.74, 6) is 0.200. The van der Waals surface area contributed by atoms with E-state index in [1.165, 1.54) is 0 Å². The quantitative estimate of drug-likeness (QED) is 0.594. The third-order valence-corrected chi connectivity index (χ3v) is 6.83. The van der Waals surface area contributed by atoms with Gasteiger partial charge in [0.05, 0.1) is 18.3 Å². The molecule has 172 valence electrons. The Bertz CT molecular complexity index is 1190. The highest BCUT2D eigenvalue weighted by atomic mass is 16.5. The highest BCUT2D eigenvalue weighted by Gasteiger charge is 2.67. The summed E-state index contributed by atoms with van der Waals surface area (Å²) in [6.07, 6.45) is 5.36. The number of carbonyl (C=O) groups is 2. The summed E-state index contributed by atoms with van der Waals surface area (Å²) in [7, 11) is 1.67. The summed E-state index contributed by atoms with van der Waals surface area (Å²) in [4.78, 5) is 28.0. The Hall–Kier alpha value is -3.46. The first-order chi connectivity index (χ1) is 15.9. The number of aryl methyl sites for hydroxylation is 2. The van der Waals surface area contributed by atoms with Crippen LogP contribution in [0.4, 0.5) is 0 Å². The Morgan fingerprint density at radius 3 is 2.52 bits per heavy atom. The number of hydrogen-bond donors (Lipinski definition) is 1. The molecule has 1 aliphatic carbocycles. The van der Waals surface area contributed by atoms with Gasteiger partial charge in [0.25, 0.3) is 11.8 Å². The molecule has 1 N–H and O–H groups in total. The second kappa shape index (κ2) is 7.84. The number of methoxy groups -OCH3 is 1. The Labute approximate surface area is 191 Å². The lowest BCUT2D eigenvalue weighted by Gasteiger charge is -2.54. The summed E-state index contributed by atoms with van der Waals surface area (Å²) in [5.41, 5.74) is 1.52. The summed E-state index contributed by atoms with van der Waals surface area (Å²) in [6.45, 7) is 4.86. The van der Waals surface area contributed by atoms with Gasteiger partial charge in [-0.05, 0) is 44.4 Å². The van der Waals surface area contributed by atoms with E-state index >= 15 is 0 Å². The number of nitrogens with one attached hydrogen (secondary N) is 1. The van der Waals surface area contributed by atoms with Gasteiger partial charge in [0.1, 0.15) is 11.3 Å². The van der Waals surface area contributed by atoms with Gasteiger partial charge in [-0.25, -0.2) is 0 Å². The molecule has 2 aromatic heterocycles. The van der Waals surface area contributed by atoms with Crippen molar-refractivity contribution in [3.05, 3.63) is 70.9 Å². The molecule has 2 fully saturated rings. The molecule has 0 spiro atoms. The molecule has 1 aliphatic heterocycles. The monoisotopic (exact) mass is 449 g/mol. The lowest BCUT2D eigenvalue weighted by Crippen LogP contribution is -2.77. The van der Waals surface area contributed by atoms with Crippen molar-refractivity contribution in [2.24, 2.45) is 0 Å². The Kier molecular flexibility index (Phi) is 5.08. The maximum atomic E-state index is 13.4. The van der Waals surface area contributed by atoms with Crippen molar-refractivity contribution in [2.45, 2.75) is 44.4 Å². The summed E-state index contributed by atoms with van der Waals surface area (Å²) in [6, 6.07) is 9.08. The molecule has 3 heterocycles. The fourth-order valence-electron chi connectivity index (χ4n) is 4.71. The number of benzene rings is 1. The minimum absolute atomic E-state index is 0.168. The zero-order valence-corrected chi connectivity index (χ0v) is 19.0. The van der Waals surface area contributed by atoms with Crippen molar-refractivity contribution >= 4 is 11.8 Å². The summed E-state index contributed by atoms with van der Waals surface area (Å²) >= 11 is 0. The van der Waals surface area contributed by atoms with Gasteiger partial charge in [-0.3, -0.25) is 14.3 Å². The van der Waals surface area contributed by atoms with E-state index in [1.807, 2.05) is 31.3 Å². The Balaban J connectivity index is 1.35. The van der Waals surface area contributed by atoms with Crippen molar-refractivity contribution in [1.29, 1.82) is 0 Å². The fraction of sp³-hybridized carbons (Fsp3) is 0.417. The minimum Gasteiger partial charge on any atom is -0.376 e. The molecule has 0 unspecified atom stereocenters. The molecule has 1 saturated heterocycles. The van der Waals surface area contributed by atoms with E-state index in [2.05, 4.69) is 15.6 Å². The van der Waals surface area contributed by atoms with Crippen molar-refractivity contribution in [1.82, 2.24) is 25.2 Å². The summed E-state index contributed by atoms with van der Waals surface area (Å²) in [5, 5.41) is 11.5. The van der Waals surface area contributed by atoms with Crippen LogP contribution in [0, 0.1) is 13.8 Å². The molecule has 2 aliphatic rings. The zero-order chi connectivity index (χ0) is 23.2. The topological polar surface area (TPSA) is 102 Å². The maximum Gasteiger partial charge on any atom is 0.276 e. The lowest BCUT2D eigenvalue weighted by atomic mass is 9.80. The third-order valence-electron chi connectivity index (χ3n) is 6.83. The molecular weight excluding hydrogens is 422 g/mol. The SMILES string of the molecule is COC1(C2(NC(=O)c3ccccc3)CN(C(=O)c3noc(C)c3Cn3cc(C)cn3)C2)CC1. The molecule has 9 heteroatoms. The smallest absolute Gasteiger partial charge is 0.276 e. The van der Waals surface area contributed by atoms with Crippen LogP contribution in [0.1, 0.15) is 50.6 Å². The Morgan fingerprint density at radius 1 is 1.18 bits per heavy atom. The second-order valence-electron chi connectivity index (χ2n) is 9.04. The number of aromatic nitrogens is 3. The van der Waals surface area contributed by atoms with Crippen molar-refractivity contribution < 1.29 is 18.8 Å². The van der Waals surface area contributed by atoms with Gasteiger partial charge in [-0.1, -0.05) is 23.4 Å². The van der Waals surface area contributed by atoms with E-state index < -0.39 is 11.1 Å². The molecule has 1 aromatic carbocycles. The number of likely N-dealkylation sites (tertiary alicyclic amines) is 1. The summed E-state index contributed by atoms with van der Waals surface area (Å²) < 4.78 is 13.0. The molecule has 3 aromatic rings. The highest BCUT2D eigenvalue weighted by molar-refractivity contribution is 5.97. The third kappa shape index (κ3) is 3.62. The highest BCUT2D eigenvalue weighted by Crippen LogP contribution is 2.52. The largest absolute Gasteiger partial charge is 0.376 e. The van der Waals surface area contributed by atoms with Crippen molar-refractivity contribution in [3.63, 3.8) is 0 Å². The van der Waals surface area contributed by atoms with Crippen molar-refractivity contribution in [3.8, 4) is 0 Å². The van der Waals surface area contributed by atoms with Gasteiger partial charge in [0.15, 0.2) is 5.69 Å². The molecule has 1 saturated carbocycles. The number of amides is 2. The number of hydrogen-bond acceptors (Lipinski definition) is 6. The van der Waals surface area contributed by atoms with Crippen LogP contribution >= 0.6 is 0 Å². The van der Waals surface area contributed by atoms with Crippen LogP contribution < -0.4 is 5.32 Å². The number of rotatable bonds is 7. The molecule has 0 radical (unpaired) electrons. The first-order valence-electron chi connectivity index (χ1n) is 11.0. The van der Waals surface area contributed by atoms with E-state index in [0.717, 1.165) is 18.4 Å². The molecule has 9 nitrogen and oxygen atoms in total. The zero-order valence-electron chi connectivity index (χ0n) is 19.0. The standard InChI is InChI=1S/C24H27N5O4/c1-16-11-25-29(12-16)13-19-17(2)33-27-20(19)22(31)28-14-23(15-28,24(32-3)9-10-24)26-21(30)18-7-5-4-6-8-18/h4-8,11-12H,9-10,13-15H2,1-3H3,(H,26,30). The molecule has 0 bridgehead atoms. The lowest BCUT2D eigenvalue weighted by molar-refractivity contribution is -0.0711. The Morgan fingerprint density at radius 2 is 1.91 bits per heavy atom. The number of ether oxygens (including phenoxy) is 1. The number of carbonyl (C=O) groups excluding carboxylic acids is 2. The normalized spacial score (nSPS) is 18.0. The average Bonchev–Trinajstić information content (AvgIpc) is 3.37. The first-order valence-corrected chi connectivity index (χ1v) is 11.0. The molecule has 0 atom stereocenters. The van der Waals surface area contributed by atoms with Crippen LogP contribution in [-0.2, 0) is 11.3 Å². The predicted molar refractivity (Wildman–Crippen MR) is 119 cm³/mol. The maximum absolute atomic E-state index is 13.4. The molecular formula is C24H27N5O4. The molecule has 2 amide bonds. The number of nitrogens with zero attached hydrogens (tertiary/aromatic N) is 4. The van der Waals surface area contributed by atoms with Crippen LogP contribution in [0.25, 0.3) is 0 Å². The van der Waals surface area contributed by atoms with Crippen LogP contribution in [0.3, 0.4) is 0 Å². The van der Waals surface area contributed by atoms with Crippen LogP contribution in [0.5, 0.6) is 0 Å². The molecule has 33 heavy (non-hydrogen) atoms. The van der Waals surface area contributed by atoms with E-state index in [9.17, 15) is 9.59 Å². The second-order valence-corrected chi connectivity index (χ2v) is 9.04.